The van der Waals surface area contributed by atoms with Crippen LogP contribution in [0.3, 0.4) is 0 Å². The van der Waals surface area contributed by atoms with E-state index in [1.165, 1.54) is 6.07 Å². The number of carbonyl (C=O) groups excluding carboxylic acids is 1. The number of benzene rings is 2. The van der Waals surface area contributed by atoms with Crippen molar-refractivity contribution in [2.45, 2.75) is 6.54 Å². The van der Waals surface area contributed by atoms with E-state index in [2.05, 4.69) is 0 Å². The molecule has 20 heavy (non-hydrogen) atoms. The highest BCUT2D eigenvalue weighted by molar-refractivity contribution is 6.31. The molecule has 0 aliphatic rings. The fourth-order valence-electron chi connectivity index (χ4n) is 2.34. The summed E-state index contributed by atoms with van der Waals surface area (Å²) in [6.07, 6.45) is 2.71. The van der Waals surface area contributed by atoms with Crippen molar-refractivity contribution in [3.63, 3.8) is 0 Å². The summed E-state index contributed by atoms with van der Waals surface area (Å²) in [5.74, 6) is -0.422. The fourth-order valence-corrected chi connectivity index (χ4v) is 2.53. The quantitative estimate of drug-likeness (QED) is 0.659. The zero-order valence-corrected chi connectivity index (χ0v) is 11.3. The van der Waals surface area contributed by atoms with Gasteiger partial charge in [0, 0.05) is 29.2 Å². The second-order valence-corrected chi connectivity index (χ2v) is 4.93. The third kappa shape index (κ3) is 2.10. The van der Waals surface area contributed by atoms with Crippen molar-refractivity contribution < 1.29 is 9.18 Å². The number of hydrogen-bond donors (Lipinski definition) is 0. The van der Waals surface area contributed by atoms with Crippen molar-refractivity contribution in [3.8, 4) is 0 Å². The second kappa shape index (κ2) is 5.10. The minimum absolute atomic E-state index is 0.140. The largest absolute Gasteiger partial charge is 0.343 e. The van der Waals surface area contributed by atoms with Crippen molar-refractivity contribution in [2.24, 2.45) is 0 Å². The second-order valence-electron chi connectivity index (χ2n) is 4.55. The Morgan fingerprint density at radius 2 is 1.95 bits per heavy atom. The molecular weight excluding hydrogens is 277 g/mol. The number of carbonyl (C=O) groups is 1. The van der Waals surface area contributed by atoms with Crippen LogP contribution in [-0.2, 0) is 6.54 Å². The van der Waals surface area contributed by atoms with Crippen LogP contribution >= 0.6 is 11.6 Å². The fraction of sp³-hybridized carbons (Fsp3) is 0.0625. The molecule has 0 bridgehead atoms. The molecular formula is C16H11ClFNO. The number of rotatable bonds is 3. The standard InChI is InChI=1S/C16H11ClFNO/c17-16-11(3-1-5-14(16)18)9-19-8-7-13-12(10-20)4-2-6-15(13)19/h1-8,10H,9H2. The van der Waals surface area contributed by atoms with Gasteiger partial charge in [0.25, 0.3) is 0 Å². The van der Waals surface area contributed by atoms with Crippen molar-refractivity contribution in [3.05, 3.63) is 70.6 Å². The van der Waals surface area contributed by atoms with Crippen LogP contribution in [0.2, 0.25) is 5.02 Å². The average molecular weight is 288 g/mol. The molecule has 0 saturated carbocycles. The summed E-state index contributed by atoms with van der Waals surface area (Å²) in [6, 6.07) is 12.2. The Labute approximate surface area is 120 Å². The molecule has 0 amide bonds. The number of nitrogens with zero attached hydrogens (tertiary/aromatic N) is 1. The van der Waals surface area contributed by atoms with E-state index in [4.69, 9.17) is 11.6 Å². The molecule has 0 fully saturated rings. The number of halogens is 2. The van der Waals surface area contributed by atoms with Gasteiger partial charge in [-0.25, -0.2) is 4.39 Å². The van der Waals surface area contributed by atoms with Crippen molar-refractivity contribution >= 4 is 28.8 Å². The Bertz CT molecular complexity index is 794. The molecule has 0 radical (unpaired) electrons. The van der Waals surface area contributed by atoms with E-state index in [0.29, 0.717) is 17.7 Å². The Hall–Kier alpha value is -2.13. The molecule has 3 aromatic rings. The maximum absolute atomic E-state index is 13.5. The summed E-state index contributed by atoms with van der Waals surface area (Å²) < 4.78 is 15.4. The molecule has 0 aliphatic heterocycles. The highest BCUT2D eigenvalue weighted by Gasteiger charge is 2.09. The van der Waals surface area contributed by atoms with E-state index < -0.39 is 5.82 Å². The van der Waals surface area contributed by atoms with Crippen LogP contribution < -0.4 is 0 Å². The predicted molar refractivity (Wildman–Crippen MR) is 77.8 cm³/mol. The molecule has 3 rings (SSSR count). The van der Waals surface area contributed by atoms with Gasteiger partial charge in [0.15, 0.2) is 6.29 Å². The van der Waals surface area contributed by atoms with E-state index in [-0.39, 0.29) is 5.02 Å². The van der Waals surface area contributed by atoms with Crippen molar-refractivity contribution in [2.75, 3.05) is 0 Å². The lowest BCUT2D eigenvalue weighted by molar-refractivity contribution is 0.112. The minimum atomic E-state index is -0.422. The van der Waals surface area contributed by atoms with Gasteiger partial charge in [-0.1, -0.05) is 35.9 Å². The highest BCUT2D eigenvalue weighted by atomic mass is 35.5. The summed E-state index contributed by atoms with van der Waals surface area (Å²) in [5, 5.41) is 1.02. The van der Waals surface area contributed by atoms with Crippen molar-refractivity contribution in [1.29, 1.82) is 0 Å². The van der Waals surface area contributed by atoms with Crippen LogP contribution in [0.5, 0.6) is 0 Å². The number of aldehydes is 1. The third-order valence-corrected chi connectivity index (χ3v) is 3.77. The van der Waals surface area contributed by atoms with Gasteiger partial charge in [0.05, 0.1) is 5.02 Å². The van der Waals surface area contributed by atoms with Gasteiger partial charge in [0.1, 0.15) is 5.82 Å². The smallest absolute Gasteiger partial charge is 0.150 e. The molecule has 0 spiro atoms. The molecule has 0 N–H and O–H groups in total. The summed E-state index contributed by atoms with van der Waals surface area (Å²) in [7, 11) is 0. The molecule has 100 valence electrons. The van der Waals surface area contributed by atoms with E-state index >= 15 is 0 Å². The van der Waals surface area contributed by atoms with Crippen LogP contribution in [0.1, 0.15) is 15.9 Å². The van der Waals surface area contributed by atoms with E-state index in [0.717, 1.165) is 17.2 Å². The summed E-state index contributed by atoms with van der Waals surface area (Å²) >= 11 is 5.98. The lowest BCUT2D eigenvalue weighted by Crippen LogP contribution is -1.99. The van der Waals surface area contributed by atoms with Crippen molar-refractivity contribution in [1.82, 2.24) is 4.57 Å². The van der Waals surface area contributed by atoms with Crippen LogP contribution in [0.15, 0.2) is 48.7 Å². The molecule has 2 aromatic carbocycles. The Morgan fingerprint density at radius 1 is 1.15 bits per heavy atom. The Kier molecular flexibility index (Phi) is 3.28. The number of hydrogen-bond acceptors (Lipinski definition) is 1. The maximum Gasteiger partial charge on any atom is 0.150 e. The lowest BCUT2D eigenvalue weighted by Gasteiger charge is -2.08. The molecule has 0 unspecified atom stereocenters. The van der Waals surface area contributed by atoms with Gasteiger partial charge in [-0.05, 0) is 23.8 Å². The highest BCUT2D eigenvalue weighted by Crippen LogP contribution is 2.24. The average Bonchev–Trinajstić information content (AvgIpc) is 2.87. The van der Waals surface area contributed by atoms with Crippen LogP contribution in [0.25, 0.3) is 10.9 Å². The maximum atomic E-state index is 13.5. The molecule has 1 aromatic heterocycles. The molecule has 0 saturated heterocycles. The van der Waals surface area contributed by atoms with Gasteiger partial charge in [-0.2, -0.15) is 0 Å². The number of fused-ring (bicyclic) bond motifs is 1. The predicted octanol–water partition coefficient (Wildman–Crippen LogP) is 4.29. The summed E-state index contributed by atoms with van der Waals surface area (Å²) in [6.45, 7) is 0.461. The van der Waals surface area contributed by atoms with Crippen LogP contribution in [-0.4, -0.2) is 10.9 Å². The Morgan fingerprint density at radius 3 is 2.75 bits per heavy atom. The molecule has 1 heterocycles. The van der Waals surface area contributed by atoms with Gasteiger partial charge in [-0.15, -0.1) is 0 Å². The van der Waals surface area contributed by atoms with Gasteiger partial charge < -0.3 is 4.57 Å². The molecule has 0 aliphatic carbocycles. The van der Waals surface area contributed by atoms with E-state index in [1.54, 1.807) is 18.2 Å². The normalized spacial score (nSPS) is 10.9. The first-order chi connectivity index (χ1) is 9.70. The molecule has 2 nitrogen and oxygen atoms in total. The number of aromatic nitrogens is 1. The Balaban J connectivity index is 2.08. The SMILES string of the molecule is O=Cc1cccc2c1ccn2Cc1cccc(F)c1Cl. The molecule has 0 atom stereocenters. The summed E-state index contributed by atoms with van der Waals surface area (Å²) in [4.78, 5) is 11.0. The first kappa shape index (κ1) is 12.9. The first-order valence-electron chi connectivity index (χ1n) is 6.16. The monoisotopic (exact) mass is 287 g/mol. The summed E-state index contributed by atoms with van der Waals surface area (Å²) in [5.41, 5.74) is 2.28. The molecule has 4 heteroatoms. The zero-order valence-electron chi connectivity index (χ0n) is 10.5. The van der Waals surface area contributed by atoms with E-state index in [9.17, 15) is 9.18 Å². The lowest BCUT2D eigenvalue weighted by atomic mass is 10.1. The van der Waals surface area contributed by atoms with E-state index in [1.807, 2.05) is 29.0 Å². The zero-order chi connectivity index (χ0) is 14.1. The van der Waals surface area contributed by atoms with Gasteiger partial charge in [-0.3, -0.25) is 4.79 Å². The topological polar surface area (TPSA) is 22.0 Å². The van der Waals surface area contributed by atoms with Crippen LogP contribution in [0.4, 0.5) is 4.39 Å². The minimum Gasteiger partial charge on any atom is -0.343 e. The van der Waals surface area contributed by atoms with Gasteiger partial charge in [0.2, 0.25) is 0 Å². The van der Waals surface area contributed by atoms with Crippen LogP contribution in [0, 0.1) is 5.82 Å². The third-order valence-electron chi connectivity index (χ3n) is 3.35. The van der Waals surface area contributed by atoms with Gasteiger partial charge >= 0.3 is 0 Å². The first-order valence-corrected chi connectivity index (χ1v) is 6.54.